The number of nitrogens with zero attached hydrogens (tertiary/aromatic N) is 4. The van der Waals surface area contributed by atoms with Crippen molar-refractivity contribution in [2.24, 2.45) is 0 Å². The number of carbonyl (C=O) groups excluding carboxylic acids is 1. The summed E-state index contributed by atoms with van der Waals surface area (Å²) in [5, 5.41) is 14.6. The van der Waals surface area contributed by atoms with Gasteiger partial charge in [-0.05, 0) is 32.3 Å². The zero-order valence-electron chi connectivity index (χ0n) is 15.7. The van der Waals surface area contributed by atoms with Crippen LogP contribution in [0.2, 0.25) is 0 Å². The number of hydrogen-bond donors (Lipinski definition) is 1. The normalized spacial score (nSPS) is 17.0. The first-order chi connectivity index (χ1) is 13.6. The Morgan fingerprint density at radius 2 is 2.00 bits per heavy atom. The molecule has 2 aromatic heterocycles. The quantitative estimate of drug-likeness (QED) is 0.753. The lowest BCUT2D eigenvalue weighted by molar-refractivity contribution is -0.143. The Kier molecular flexibility index (Phi) is 4.81. The Balaban J connectivity index is 1.86. The van der Waals surface area contributed by atoms with Gasteiger partial charge in [-0.3, -0.25) is 4.79 Å². The Labute approximate surface area is 162 Å². The first kappa shape index (κ1) is 18.2. The van der Waals surface area contributed by atoms with Gasteiger partial charge in [0.2, 0.25) is 0 Å². The Morgan fingerprint density at radius 3 is 2.71 bits per heavy atom. The minimum atomic E-state index is -0.953. The Morgan fingerprint density at radius 1 is 1.21 bits per heavy atom. The van der Waals surface area contributed by atoms with Gasteiger partial charge in [-0.2, -0.15) is 5.10 Å². The van der Waals surface area contributed by atoms with Crippen molar-refractivity contribution < 1.29 is 14.7 Å². The van der Waals surface area contributed by atoms with Crippen LogP contribution in [-0.2, 0) is 11.3 Å². The summed E-state index contributed by atoms with van der Waals surface area (Å²) in [6, 6.07) is 10.6. The number of amides is 1. The number of carbonyl (C=O) groups is 2. The van der Waals surface area contributed by atoms with Gasteiger partial charge < -0.3 is 10.0 Å². The molecule has 0 radical (unpaired) electrons. The molecule has 3 aromatic rings. The van der Waals surface area contributed by atoms with Gasteiger partial charge in [0.25, 0.3) is 5.91 Å². The third-order valence-corrected chi connectivity index (χ3v) is 5.26. The maximum atomic E-state index is 13.4. The van der Waals surface area contributed by atoms with Gasteiger partial charge in [0.05, 0.1) is 22.8 Å². The zero-order valence-corrected chi connectivity index (χ0v) is 15.7. The summed E-state index contributed by atoms with van der Waals surface area (Å²) in [4.78, 5) is 31.3. The number of piperidine rings is 1. The lowest BCUT2D eigenvalue weighted by Crippen LogP contribution is -2.48. The number of likely N-dealkylation sites (tertiary alicyclic amines) is 1. The van der Waals surface area contributed by atoms with E-state index in [2.05, 4.69) is 5.10 Å². The molecule has 7 heteroatoms. The molecule has 1 aromatic carbocycles. The van der Waals surface area contributed by atoms with E-state index < -0.39 is 12.0 Å². The van der Waals surface area contributed by atoms with Crippen LogP contribution in [0.5, 0.6) is 0 Å². The van der Waals surface area contributed by atoms with Crippen LogP contribution < -0.4 is 0 Å². The molecule has 7 nitrogen and oxygen atoms in total. The molecule has 144 valence electrons. The molecule has 4 rings (SSSR count). The summed E-state index contributed by atoms with van der Waals surface area (Å²) >= 11 is 0. The van der Waals surface area contributed by atoms with Crippen molar-refractivity contribution in [3.8, 4) is 11.3 Å². The van der Waals surface area contributed by atoms with Crippen molar-refractivity contribution in [3.05, 3.63) is 48.2 Å². The second-order valence-corrected chi connectivity index (χ2v) is 6.97. The van der Waals surface area contributed by atoms with Crippen LogP contribution in [0.25, 0.3) is 22.3 Å². The second-order valence-electron chi connectivity index (χ2n) is 6.97. The van der Waals surface area contributed by atoms with Gasteiger partial charge in [-0.25, -0.2) is 14.5 Å². The predicted octanol–water partition coefficient (Wildman–Crippen LogP) is 3.20. The molecule has 28 heavy (non-hydrogen) atoms. The molecule has 0 spiro atoms. The first-order valence-corrected chi connectivity index (χ1v) is 9.56. The molecule has 1 atom stereocenters. The van der Waals surface area contributed by atoms with Gasteiger partial charge in [0.1, 0.15) is 6.04 Å². The maximum absolute atomic E-state index is 13.4. The average molecular weight is 378 g/mol. The van der Waals surface area contributed by atoms with E-state index >= 15 is 0 Å². The number of benzene rings is 1. The number of rotatable bonds is 4. The molecular weight excluding hydrogens is 356 g/mol. The predicted molar refractivity (Wildman–Crippen MR) is 105 cm³/mol. The number of aromatic nitrogens is 3. The molecule has 0 aliphatic carbocycles. The van der Waals surface area contributed by atoms with Crippen molar-refractivity contribution in [3.63, 3.8) is 0 Å². The molecule has 1 amide bonds. The summed E-state index contributed by atoms with van der Waals surface area (Å²) < 4.78 is 1.75. The third kappa shape index (κ3) is 3.13. The molecule has 1 aliphatic rings. The van der Waals surface area contributed by atoms with Gasteiger partial charge in [-0.15, -0.1) is 0 Å². The molecule has 1 fully saturated rings. The molecule has 3 heterocycles. The highest BCUT2D eigenvalue weighted by molar-refractivity contribution is 6.07. The molecule has 0 unspecified atom stereocenters. The Bertz CT molecular complexity index is 1030. The van der Waals surface area contributed by atoms with Crippen molar-refractivity contribution in [1.82, 2.24) is 19.7 Å². The summed E-state index contributed by atoms with van der Waals surface area (Å²) in [5.41, 5.74) is 2.67. The fraction of sp³-hybridized carbons (Fsp3) is 0.333. The molecule has 1 aliphatic heterocycles. The highest BCUT2D eigenvalue weighted by Gasteiger charge is 2.33. The summed E-state index contributed by atoms with van der Waals surface area (Å²) in [7, 11) is 0. The van der Waals surface area contributed by atoms with Crippen molar-refractivity contribution in [2.45, 2.75) is 38.8 Å². The molecule has 1 N–H and O–H groups in total. The van der Waals surface area contributed by atoms with Crippen LogP contribution in [0.3, 0.4) is 0 Å². The first-order valence-electron chi connectivity index (χ1n) is 9.56. The summed E-state index contributed by atoms with van der Waals surface area (Å²) in [5.74, 6) is -1.22. The topological polar surface area (TPSA) is 88.3 Å². The highest BCUT2D eigenvalue weighted by Crippen LogP contribution is 2.28. The molecule has 0 bridgehead atoms. The zero-order chi connectivity index (χ0) is 19.7. The van der Waals surface area contributed by atoms with Gasteiger partial charge in [0.15, 0.2) is 5.65 Å². The van der Waals surface area contributed by atoms with Crippen molar-refractivity contribution in [1.29, 1.82) is 0 Å². The van der Waals surface area contributed by atoms with Crippen LogP contribution in [-0.4, -0.2) is 49.2 Å². The molecule has 0 saturated carbocycles. The fourth-order valence-electron chi connectivity index (χ4n) is 3.80. The number of carboxylic acid groups (broad SMARTS) is 1. The van der Waals surface area contributed by atoms with Crippen LogP contribution in [0.15, 0.2) is 42.6 Å². The van der Waals surface area contributed by atoms with Crippen molar-refractivity contribution >= 4 is 22.9 Å². The summed E-state index contributed by atoms with van der Waals surface area (Å²) in [6.45, 7) is 3.04. The van der Waals surface area contributed by atoms with E-state index in [1.165, 1.54) is 4.90 Å². The van der Waals surface area contributed by atoms with E-state index in [9.17, 15) is 14.7 Å². The maximum Gasteiger partial charge on any atom is 0.326 e. The van der Waals surface area contributed by atoms with Crippen LogP contribution in [0.1, 0.15) is 36.5 Å². The number of carboxylic acids is 1. The average Bonchev–Trinajstić information content (AvgIpc) is 3.16. The number of aliphatic carboxylic acids is 1. The SMILES string of the molecule is CCn1ncc2c(C(=O)N3CCCC[C@@H]3C(=O)O)cc(-c3ccccc3)nc21. The molecule has 1 saturated heterocycles. The smallest absolute Gasteiger partial charge is 0.326 e. The van der Waals surface area contributed by atoms with Gasteiger partial charge in [-0.1, -0.05) is 30.3 Å². The lowest BCUT2D eigenvalue weighted by Gasteiger charge is -2.33. The summed E-state index contributed by atoms with van der Waals surface area (Å²) in [6.07, 6.45) is 3.75. The lowest BCUT2D eigenvalue weighted by atomic mass is 9.99. The largest absolute Gasteiger partial charge is 0.480 e. The standard InChI is InChI=1S/C21H22N4O3/c1-2-25-19-16(13-22-25)15(12-17(23-19)14-8-4-3-5-9-14)20(26)24-11-7-6-10-18(24)21(27)28/h3-5,8-9,12-13,18H,2,6-7,10-11H2,1H3,(H,27,28)/t18-/m1/s1. The van der Waals surface area contributed by atoms with Gasteiger partial charge >= 0.3 is 5.97 Å². The minimum Gasteiger partial charge on any atom is -0.480 e. The molecular formula is C21H22N4O3. The fourth-order valence-corrected chi connectivity index (χ4v) is 3.80. The second kappa shape index (κ2) is 7.42. The van der Waals surface area contributed by atoms with Crippen LogP contribution in [0, 0.1) is 0 Å². The van der Waals surface area contributed by atoms with E-state index in [1.54, 1.807) is 16.9 Å². The highest BCUT2D eigenvalue weighted by atomic mass is 16.4. The van der Waals surface area contributed by atoms with E-state index in [4.69, 9.17) is 4.98 Å². The van der Waals surface area contributed by atoms with E-state index in [0.717, 1.165) is 18.4 Å². The van der Waals surface area contributed by atoms with Gasteiger partial charge in [0, 0.05) is 18.7 Å². The van der Waals surface area contributed by atoms with Crippen LogP contribution >= 0.6 is 0 Å². The number of fused-ring (bicyclic) bond motifs is 1. The van der Waals surface area contributed by atoms with E-state index in [-0.39, 0.29) is 5.91 Å². The monoisotopic (exact) mass is 378 g/mol. The van der Waals surface area contributed by atoms with Crippen molar-refractivity contribution in [2.75, 3.05) is 6.54 Å². The third-order valence-electron chi connectivity index (χ3n) is 5.26. The van der Waals surface area contributed by atoms with E-state index in [1.807, 2.05) is 37.3 Å². The minimum absolute atomic E-state index is 0.271. The Hall–Kier alpha value is -3.22. The number of hydrogen-bond acceptors (Lipinski definition) is 4. The van der Waals surface area contributed by atoms with E-state index in [0.29, 0.717) is 41.8 Å². The number of aryl methyl sites for hydroxylation is 1. The number of pyridine rings is 1. The van der Waals surface area contributed by atoms with Crippen LogP contribution in [0.4, 0.5) is 0 Å².